The third-order valence-corrected chi connectivity index (χ3v) is 3.62. The second-order valence-electron chi connectivity index (χ2n) is 4.84. The third-order valence-electron chi connectivity index (χ3n) is 3.62. The van der Waals surface area contributed by atoms with E-state index < -0.39 is 5.97 Å². The van der Waals surface area contributed by atoms with E-state index in [1.165, 1.54) is 11.1 Å². The van der Waals surface area contributed by atoms with Gasteiger partial charge in [0.2, 0.25) is 0 Å². The van der Waals surface area contributed by atoms with Gasteiger partial charge in [-0.25, -0.2) is 0 Å². The van der Waals surface area contributed by atoms with Gasteiger partial charge in [0.25, 0.3) is 0 Å². The van der Waals surface area contributed by atoms with Gasteiger partial charge in [0.1, 0.15) is 5.75 Å². The molecule has 18 heavy (non-hydrogen) atoms. The van der Waals surface area contributed by atoms with Gasteiger partial charge in [-0.05, 0) is 49.6 Å². The van der Waals surface area contributed by atoms with Crippen LogP contribution in [0.3, 0.4) is 0 Å². The lowest BCUT2D eigenvalue weighted by Gasteiger charge is -2.31. The monoisotopic (exact) mass is 249 g/mol. The van der Waals surface area contributed by atoms with Crippen molar-refractivity contribution in [1.29, 1.82) is 0 Å². The molecule has 0 aromatic heterocycles. The molecule has 0 saturated heterocycles. The molecular weight excluding hydrogens is 230 g/mol. The molecule has 2 rings (SSSR count). The predicted molar refractivity (Wildman–Crippen MR) is 69.1 cm³/mol. The molecule has 4 heteroatoms. The summed E-state index contributed by atoms with van der Waals surface area (Å²) in [4.78, 5) is 12.7. The van der Waals surface area contributed by atoms with Crippen molar-refractivity contribution < 1.29 is 14.6 Å². The molecule has 1 aliphatic rings. The summed E-state index contributed by atoms with van der Waals surface area (Å²) >= 11 is 0. The van der Waals surface area contributed by atoms with E-state index in [1.807, 2.05) is 18.0 Å². The second kappa shape index (κ2) is 5.40. The summed E-state index contributed by atoms with van der Waals surface area (Å²) in [6, 6.07) is 6.47. The Morgan fingerprint density at radius 3 is 2.94 bits per heavy atom. The fourth-order valence-corrected chi connectivity index (χ4v) is 2.56. The van der Waals surface area contributed by atoms with E-state index in [4.69, 9.17) is 9.84 Å². The van der Waals surface area contributed by atoms with Crippen LogP contribution in [0, 0.1) is 0 Å². The van der Waals surface area contributed by atoms with Gasteiger partial charge in [-0.3, -0.25) is 9.69 Å². The number of ether oxygens (including phenoxy) is 1. The van der Waals surface area contributed by atoms with Gasteiger partial charge in [-0.1, -0.05) is 6.07 Å². The minimum atomic E-state index is -0.770. The molecule has 1 N–H and O–H groups in total. The minimum Gasteiger partial charge on any atom is -0.497 e. The van der Waals surface area contributed by atoms with Crippen molar-refractivity contribution >= 4 is 5.97 Å². The number of aliphatic carboxylic acids is 1. The van der Waals surface area contributed by atoms with E-state index in [0.29, 0.717) is 6.04 Å². The fraction of sp³-hybridized carbons (Fsp3) is 0.500. The molecule has 0 heterocycles. The molecule has 0 amide bonds. The number of carboxylic acids is 1. The maximum atomic E-state index is 10.7. The molecule has 0 spiro atoms. The highest BCUT2D eigenvalue weighted by Crippen LogP contribution is 2.27. The Morgan fingerprint density at radius 1 is 1.50 bits per heavy atom. The SMILES string of the molecule is COc1ccc2c(c1)CC(N(C)CC(=O)O)CC2. The van der Waals surface area contributed by atoms with E-state index in [-0.39, 0.29) is 6.54 Å². The minimum absolute atomic E-state index is 0.101. The van der Waals surface area contributed by atoms with Crippen LogP contribution in [0.1, 0.15) is 17.5 Å². The second-order valence-corrected chi connectivity index (χ2v) is 4.84. The molecule has 4 nitrogen and oxygen atoms in total. The van der Waals surface area contributed by atoms with Gasteiger partial charge in [-0.15, -0.1) is 0 Å². The molecule has 1 atom stereocenters. The van der Waals surface area contributed by atoms with Gasteiger partial charge >= 0.3 is 5.97 Å². The van der Waals surface area contributed by atoms with Crippen molar-refractivity contribution in [2.45, 2.75) is 25.3 Å². The average Bonchev–Trinajstić information content (AvgIpc) is 2.36. The van der Waals surface area contributed by atoms with E-state index in [1.54, 1.807) is 7.11 Å². The van der Waals surface area contributed by atoms with E-state index in [9.17, 15) is 4.79 Å². The largest absolute Gasteiger partial charge is 0.497 e. The van der Waals surface area contributed by atoms with Crippen molar-refractivity contribution in [2.75, 3.05) is 20.7 Å². The van der Waals surface area contributed by atoms with Crippen LogP contribution in [0.25, 0.3) is 0 Å². The fourth-order valence-electron chi connectivity index (χ4n) is 2.56. The number of rotatable bonds is 4. The summed E-state index contributed by atoms with van der Waals surface area (Å²) in [6.45, 7) is 0.101. The summed E-state index contributed by atoms with van der Waals surface area (Å²) in [6.07, 6.45) is 2.92. The van der Waals surface area contributed by atoms with Crippen molar-refractivity contribution in [3.05, 3.63) is 29.3 Å². The van der Waals surface area contributed by atoms with Crippen LogP contribution in [0.4, 0.5) is 0 Å². The number of carboxylic acid groups (broad SMARTS) is 1. The lowest BCUT2D eigenvalue weighted by atomic mass is 9.87. The Morgan fingerprint density at radius 2 is 2.28 bits per heavy atom. The highest BCUT2D eigenvalue weighted by molar-refractivity contribution is 5.69. The molecule has 0 radical (unpaired) electrons. The Kier molecular flexibility index (Phi) is 3.87. The number of methoxy groups -OCH3 is 1. The Balaban J connectivity index is 2.10. The van der Waals surface area contributed by atoms with Crippen LogP contribution in [-0.4, -0.2) is 42.7 Å². The normalized spacial score (nSPS) is 18.5. The molecule has 0 bridgehead atoms. The Labute approximate surface area is 107 Å². The molecule has 98 valence electrons. The predicted octanol–water partition coefficient (Wildman–Crippen LogP) is 1.57. The number of nitrogens with zero attached hydrogens (tertiary/aromatic N) is 1. The van der Waals surface area contributed by atoms with Crippen molar-refractivity contribution in [2.24, 2.45) is 0 Å². The summed E-state index contributed by atoms with van der Waals surface area (Å²) in [5.41, 5.74) is 2.64. The van der Waals surface area contributed by atoms with Crippen LogP contribution in [0.5, 0.6) is 5.75 Å². The number of likely N-dealkylation sites (N-methyl/N-ethyl adjacent to an activating group) is 1. The lowest BCUT2D eigenvalue weighted by Crippen LogP contribution is -2.39. The summed E-state index contributed by atoms with van der Waals surface area (Å²) < 4.78 is 5.23. The van der Waals surface area contributed by atoms with Gasteiger partial charge in [0.05, 0.1) is 13.7 Å². The van der Waals surface area contributed by atoms with Crippen LogP contribution in [0.15, 0.2) is 18.2 Å². The average molecular weight is 249 g/mol. The number of aryl methyl sites for hydroxylation is 1. The van der Waals surface area contributed by atoms with Gasteiger partial charge < -0.3 is 9.84 Å². The molecule has 1 unspecified atom stereocenters. The van der Waals surface area contributed by atoms with Crippen LogP contribution in [-0.2, 0) is 17.6 Å². The highest BCUT2D eigenvalue weighted by atomic mass is 16.5. The number of hydrogen-bond donors (Lipinski definition) is 1. The summed E-state index contributed by atoms with van der Waals surface area (Å²) in [5.74, 6) is 0.101. The molecule has 0 aliphatic heterocycles. The van der Waals surface area contributed by atoms with Crippen LogP contribution >= 0.6 is 0 Å². The van der Waals surface area contributed by atoms with Crippen LogP contribution < -0.4 is 4.74 Å². The maximum absolute atomic E-state index is 10.7. The van der Waals surface area contributed by atoms with E-state index in [2.05, 4.69) is 12.1 Å². The number of hydrogen-bond acceptors (Lipinski definition) is 3. The Bertz CT molecular complexity index is 445. The van der Waals surface area contributed by atoms with Gasteiger partial charge in [-0.2, -0.15) is 0 Å². The van der Waals surface area contributed by atoms with E-state index >= 15 is 0 Å². The topological polar surface area (TPSA) is 49.8 Å². The quantitative estimate of drug-likeness (QED) is 0.880. The van der Waals surface area contributed by atoms with Crippen molar-refractivity contribution in [3.8, 4) is 5.75 Å². The van der Waals surface area contributed by atoms with Crippen molar-refractivity contribution in [3.63, 3.8) is 0 Å². The standard InChI is InChI=1S/C14H19NO3/c1-15(9-14(16)17)12-5-3-10-4-6-13(18-2)8-11(10)7-12/h4,6,8,12H,3,5,7,9H2,1-2H3,(H,16,17). The first-order valence-electron chi connectivity index (χ1n) is 6.18. The lowest BCUT2D eigenvalue weighted by molar-refractivity contribution is -0.138. The van der Waals surface area contributed by atoms with Crippen LogP contribution in [0.2, 0.25) is 0 Å². The van der Waals surface area contributed by atoms with E-state index in [0.717, 1.165) is 25.0 Å². The zero-order valence-corrected chi connectivity index (χ0v) is 10.8. The van der Waals surface area contributed by atoms with Gasteiger partial charge in [0, 0.05) is 6.04 Å². The first-order chi connectivity index (χ1) is 8.60. The number of carbonyl (C=O) groups is 1. The first kappa shape index (κ1) is 12.9. The zero-order valence-electron chi connectivity index (χ0n) is 10.8. The molecule has 0 saturated carbocycles. The number of fused-ring (bicyclic) bond motifs is 1. The Hall–Kier alpha value is -1.55. The summed E-state index contributed by atoms with van der Waals surface area (Å²) in [5, 5.41) is 8.83. The van der Waals surface area contributed by atoms with Gasteiger partial charge in [0.15, 0.2) is 0 Å². The smallest absolute Gasteiger partial charge is 0.317 e. The zero-order chi connectivity index (χ0) is 13.1. The summed E-state index contributed by atoms with van der Waals surface area (Å²) in [7, 11) is 3.54. The maximum Gasteiger partial charge on any atom is 0.317 e. The first-order valence-corrected chi connectivity index (χ1v) is 6.18. The molecule has 1 aromatic rings. The number of benzene rings is 1. The van der Waals surface area contributed by atoms with Crippen molar-refractivity contribution in [1.82, 2.24) is 4.90 Å². The molecule has 1 aromatic carbocycles. The molecule has 1 aliphatic carbocycles. The third kappa shape index (κ3) is 2.82. The highest BCUT2D eigenvalue weighted by Gasteiger charge is 2.23. The molecule has 0 fully saturated rings. The molecular formula is C14H19NO3.